The van der Waals surface area contributed by atoms with Crippen LogP contribution >= 0.6 is 0 Å². The number of hydrogen-bond donors (Lipinski definition) is 1. The number of ether oxygens (including phenoxy) is 1. The summed E-state index contributed by atoms with van der Waals surface area (Å²) < 4.78 is 5.77. The van der Waals surface area contributed by atoms with Crippen LogP contribution in [0.1, 0.15) is 22.3 Å². The Morgan fingerprint density at radius 1 is 1.10 bits per heavy atom. The van der Waals surface area contributed by atoms with E-state index in [-0.39, 0.29) is 6.42 Å². The Labute approximate surface area is 118 Å². The van der Waals surface area contributed by atoms with Crippen LogP contribution in [0, 0.1) is 13.8 Å². The third-order valence-corrected chi connectivity index (χ3v) is 2.99. The third-order valence-electron chi connectivity index (χ3n) is 2.99. The lowest BCUT2D eigenvalue weighted by Crippen LogP contribution is -2.04. The zero-order chi connectivity index (χ0) is 14.5. The normalized spacial score (nSPS) is 10.3. The molecule has 2 aromatic carbocycles. The second-order valence-electron chi connectivity index (χ2n) is 4.96. The standard InChI is InChI=1S/C17H18O3/c1-12-7-13(2)9-14(8-12)11-20-16-6-4-3-5-15(16)10-17(18)19/h3-9H,10-11H2,1-2H3,(H,18,19). The summed E-state index contributed by atoms with van der Waals surface area (Å²) in [5, 5.41) is 8.89. The second-order valence-corrected chi connectivity index (χ2v) is 4.96. The molecule has 2 rings (SSSR count). The monoisotopic (exact) mass is 270 g/mol. The van der Waals surface area contributed by atoms with Crippen molar-refractivity contribution in [2.45, 2.75) is 26.9 Å². The smallest absolute Gasteiger partial charge is 0.307 e. The molecule has 2 aromatic rings. The van der Waals surface area contributed by atoms with E-state index in [4.69, 9.17) is 9.84 Å². The fourth-order valence-electron chi connectivity index (χ4n) is 2.27. The van der Waals surface area contributed by atoms with Gasteiger partial charge in [0.05, 0.1) is 6.42 Å². The lowest BCUT2D eigenvalue weighted by Gasteiger charge is -2.11. The molecule has 20 heavy (non-hydrogen) atoms. The van der Waals surface area contributed by atoms with E-state index in [1.165, 1.54) is 11.1 Å². The van der Waals surface area contributed by atoms with Gasteiger partial charge >= 0.3 is 5.97 Å². The zero-order valence-corrected chi connectivity index (χ0v) is 11.7. The first kappa shape index (κ1) is 14.1. The zero-order valence-electron chi connectivity index (χ0n) is 11.7. The number of carboxylic acid groups (broad SMARTS) is 1. The maximum atomic E-state index is 10.8. The van der Waals surface area contributed by atoms with Crippen LogP contribution in [0.2, 0.25) is 0 Å². The number of hydrogen-bond acceptors (Lipinski definition) is 2. The first-order valence-corrected chi connectivity index (χ1v) is 6.54. The summed E-state index contributed by atoms with van der Waals surface area (Å²) in [7, 11) is 0. The molecular formula is C17H18O3. The van der Waals surface area contributed by atoms with Gasteiger partial charge in [0, 0.05) is 5.56 Å². The molecule has 0 aromatic heterocycles. The van der Waals surface area contributed by atoms with E-state index >= 15 is 0 Å². The first-order valence-electron chi connectivity index (χ1n) is 6.54. The molecule has 0 unspecified atom stereocenters. The predicted octanol–water partition coefficient (Wildman–Crippen LogP) is 3.51. The molecule has 0 aliphatic carbocycles. The summed E-state index contributed by atoms with van der Waals surface area (Å²) >= 11 is 0. The molecule has 3 nitrogen and oxygen atoms in total. The summed E-state index contributed by atoms with van der Waals surface area (Å²) in [6, 6.07) is 13.5. The molecule has 0 saturated carbocycles. The fraction of sp³-hybridized carbons (Fsp3) is 0.235. The van der Waals surface area contributed by atoms with Crippen molar-refractivity contribution in [2.75, 3.05) is 0 Å². The lowest BCUT2D eigenvalue weighted by molar-refractivity contribution is -0.136. The summed E-state index contributed by atoms with van der Waals surface area (Å²) in [5.41, 5.74) is 4.18. The molecule has 3 heteroatoms. The van der Waals surface area contributed by atoms with Gasteiger partial charge in [0.1, 0.15) is 12.4 Å². The molecule has 0 saturated heterocycles. The Hall–Kier alpha value is -2.29. The summed E-state index contributed by atoms with van der Waals surface area (Å²) in [6.07, 6.45) is -0.0248. The molecule has 0 fully saturated rings. The van der Waals surface area contributed by atoms with Crippen molar-refractivity contribution in [2.24, 2.45) is 0 Å². The van der Waals surface area contributed by atoms with Gasteiger partial charge in [0.25, 0.3) is 0 Å². The minimum atomic E-state index is -0.854. The van der Waals surface area contributed by atoms with Crippen LogP contribution in [0.25, 0.3) is 0 Å². The van der Waals surface area contributed by atoms with E-state index in [0.717, 1.165) is 5.56 Å². The van der Waals surface area contributed by atoms with E-state index in [1.54, 1.807) is 12.1 Å². The molecule has 104 valence electrons. The largest absolute Gasteiger partial charge is 0.489 e. The van der Waals surface area contributed by atoms with Crippen molar-refractivity contribution in [1.82, 2.24) is 0 Å². The summed E-state index contributed by atoms with van der Waals surface area (Å²) in [6.45, 7) is 4.54. The minimum absolute atomic E-state index is 0.0248. The van der Waals surface area contributed by atoms with Gasteiger partial charge in [-0.25, -0.2) is 0 Å². The highest BCUT2D eigenvalue weighted by Crippen LogP contribution is 2.20. The van der Waals surface area contributed by atoms with Gasteiger partial charge in [-0.3, -0.25) is 4.79 Å². The minimum Gasteiger partial charge on any atom is -0.489 e. The fourth-order valence-corrected chi connectivity index (χ4v) is 2.27. The van der Waals surface area contributed by atoms with Gasteiger partial charge < -0.3 is 9.84 Å². The van der Waals surface area contributed by atoms with Gasteiger partial charge in [-0.05, 0) is 25.5 Å². The Bertz CT molecular complexity index is 597. The lowest BCUT2D eigenvalue weighted by atomic mass is 10.1. The average molecular weight is 270 g/mol. The van der Waals surface area contributed by atoms with E-state index in [2.05, 4.69) is 32.0 Å². The molecule has 1 N–H and O–H groups in total. The second kappa shape index (κ2) is 6.24. The number of rotatable bonds is 5. The summed E-state index contributed by atoms with van der Waals surface area (Å²) in [5.74, 6) is -0.221. The highest BCUT2D eigenvalue weighted by atomic mass is 16.5. The number of aryl methyl sites for hydroxylation is 2. The number of carbonyl (C=O) groups is 1. The van der Waals surface area contributed by atoms with Crippen molar-refractivity contribution < 1.29 is 14.6 Å². The maximum Gasteiger partial charge on any atom is 0.307 e. The maximum absolute atomic E-state index is 10.8. The van der Waals surface area contributed by atoms with Gasteiger partial charge in [0.15, 0.2) is 0 Å². The van der Waals surface area contributed by atoms with Gasteiger partial charge in [-0.2, -0.15) is 0 Å². The molecule has 0 bridgehead atoms. The number of benzene rings is 2. The van der Waals surface area contributed by atoms with Crippen molar-refractivity contribution in [3.8, 4) is 5.75 Å². The Kier molecular flexibility index (Phi) is 4.41. The number of aliphatic carboxylic acids is 1. The molecule has 0 amide bonds. The Balaban J connectivity index is 2.12. The van der Waals surface area contributed by atoms with Crippen LogP contribution in [-0.2, 0) is 17.8 Å². The van der Waals surface area contributed by atoms with E-state index in [9.17, 15) is 4.79 Å². The molecule has 0 aliphatic rings. The molecule has 0 spiro atoms. The SMILES string of the molecule is Cc1cc(C)cc(COc2ccccc2CC(=O)O)c1. The van der Waals surface area contributed by atoms with Crippen LogP contribution in [0.5, 0.6) is 5.75 Å². The first-order chi connectivity index (χ1) is 9.54. The Morgan fingerprint density at radius 3 is 2.40 bits per heavy atom. The summed E-state index contributed by atoms with van der Waals surface area (Å²) in [4.78, 5) is 10.8. The van der Waals surface area contributed by atoms with E-state index < -0.39 is 5.97 Å². The van der Waals surface area contributed by atoms with Crippen LogP contribution < -0.4 is 4.74 Å². The highest BCUT2D eigenvalue weighted by Gasteiger charge is 2.07. The topological polar surface area (TPSA) is 46.5 Å². The van der Waals surface area contributed by atoms with Crippen molar-refractivity contribution in [1.29, 1.82) is 0 Å². The molecular weight excluding hydrogens is 252 g/mol. The molecule has 0 aliphatic heterocycles. The van der Waals surface area contributed by atoms with Crippen LogP contribution in [0.4, 0.5) is 0 Å². The quantitative estimate of drug-likeness (QED) is 0.904. The van der Waals surface area contributed by atoms with Gasteiger partial charge in [0.2, 0.25) is 0 Å². The van der Waals surface area contributed by atoms with Crippen molar-refractivity contribution in [3.63, 3.8) is 0 Å². The third kappa shape index (κ3) is 3.85. The van der Waals surface area contributed by atoms with Crippen molar-refractivity contribution >= 4 is 5.97 Å². The van der Waals surface area contributed by atoms with E-state index in [0.29, 0.717) is 17.9 Å². The van der Waals surface area contributed by atoms with Gasteiger partial charge in [-0.15, -0.1) is 0 Å². The van der Waals surface area contributed by atoms with E-state index in [1.807, 2.05) is 12.1 Å². The predicted molar refractivity (Wildman–Crippen MR) is 78.0 cm³/mol. The molecule has 0 atom stereocenters. The average Bonchev–Trinajstić information content (AvgIpc) is 2.36. The van der Waals surface area contributed by atoms with Crippen LogP contribution in [-0.4, -0.2) is 11.1 Å². The van der Waals surface area contributed by atoms with Crippen molar-refractivity contribution in [3.05, 3.63) is 64.7 Å². The van der Waals surface area contributed by atoms with Crippen LogP contribution in [0.15, 0.2) is 42.5 Å². The van der Waals surface area contributed by atoms with Gasteiger partial charge in [-0.1, -0.05) is 47.5 Å². The highest BCUT2D eigenvalue weighted by molar-refractivity contribution is 5.71. The Morgan fingerprint density at radius 2 is 1.75 bits per heavy atom. The molecule has 0 heterocycles. The number of carboxylic acids is 1. The number of para-hydroxylation sites is 1. The van der Waals surface area contributed by atoms with Crippen LogP contribution in [0.3, 0.4) is 0 Å². The molecule has 0 radical (unpaired) electrons.